The van der Waals surface area contributed by atoms with Gasteiger partial charge in [0.15, 0.2) is 0 Å². The van der Waals surface area contributed by atoms with Crippen molar-refractivity contribution in [2.75, 3.05) is 31.5 Å². The van der Waals surface area contributed by atoms with Gasteiger partial charge in [-0.1, -0.05) is 25.7 Å². The number of sulfonamides is 1. The first-order chi connectivity index (χ1) is 14.8. The molecule has 0 bridgehead atoms. The molecule has 2 aliphatic rings. The average molecular weight is 446 g/mol. The predicted octanol–water partition coefficient (Wildman–Crippen LogP) is 4.00. The fraction of sp³-hybridized carbons (Fsp3) is 0.542. The molecule has 1 fully saturated rings. The molecule has 1 N–H and O–H groups in total. The highest BCUT2D eigenvalue weighted by atomic mass is 32.2. The van der Waals surface area contributed by atoms with Gasteiger partial charge in [0.1, 0.15) is 0 Å². The zero-order chi connectivity index (χ0) is 22.4. The third-order valence-corrected chi connectivity index (χ3v) is 7.47. The maximum Gasteiger partial charge on any atom is 0.261 e. The van der Waals surface area contributed by atoms with E-state index in [0.29, 0.717) is 12.1 Å². The van der Waals surface area contributed by atoms with E-state index in [4.69, 9.17) is 9.72 Å². The van der Waals surface area contributed by atoms with Crippen molar-refractivity contribution in [2.45, 2.75) is 58.5 Å². The minimum Gasteiger partial charge on any atom is -0.374 e. The highest BCUT2D eigenvalue weighted by molar-refractivity contribution is 7.96. The summed E-state index contributed by atoms with van der Waals surface area (Å²) in [5, 5.41) is 0. The van der Waals surface area contributed by atoms with Crippen LogP contribution in [0.15, 0.2) is 41.4 Å². The lowest BCUT2D eigenvalue weighted by molar-refractivity contribution is 0.0417. The number of hydrogen-bond donors (Lipinski definition) is 1. The van der Waals surface area contributed by atoms with Crippen molar-refractivity contribution < 1.29 is 13.2 Å². The molecule has 0 unspecified atom stereocenters. The highest BCUT2D eigenvalue weighted by Gasteiger charge is 2.21. The molecule has 3 heterocycles. The second kappa shape index (κ2) is 10.6. The Morgan fingerprint density at radius 1 is 1.32 bits per heavy atom. The Bertz CT molecular complexity index is 961. The normalized spacial score (nSPS) is 21.0. The minimum absolute atomic E-state index is 0.0302. The lowest BCUT2D eigenvalue weighted by atomic mass is 10.0. The monoisotopic (exact) mass is 445 g/mol. The van der Waals surface area contributed by atoms with E-state index in [9.17, 15) is 8.42 Å². The van der Waals surface area contributed by atoms with Gasteiger partial charge in [-0.15, -0.1) is 0 Å². The molecule has 1 aromatic heterocycles. The molecule has 170 valence electrons. The number of allylic oxidation sites excluding steroid dienone is 2. The number of nitrogens with one attached hydrogen (secondary N) is 1. The predicted molar refractivity (Wildman–Crippen MR) is 127 cm³/mol. The van der Waals surface area contributed by atoms with Crippen molar-refractivity contribution >= 4 is 15.7 Å². The van der Waals surface area contributed by atoms with Crippen LogP contribution < -0.4 is 4.72 Å². The van der Waals surface area contributed by atoms with Crippen LogP contribution in [0.5, 0.6) is 0 Å². The van der Waals surface area contributed by atoms with Gasteiger partial charge in [-0.25, -0.2) is 8.42 Å². The van der Waals surface area contributed by atoms with Crippen LogP contribution in [0.3, 0.4) is 0 Å². The lowest BCUT2D eigenvalue weighted by Crippen LogP contribution is -2.20. The molecule has 1 atom stereocenters. The van der Waals surface area contributed by atoms with Crippen LogP contribution in [0.4, 0.5) is 5.69 Å². The van der Waals surface area contributed by atoms with Gasteiger partial charge in [0.2, 0.25) is 0 Å². The smallest absolute Gasteiger partial charge is 0.261 e. The van der Waals surface area contributed by atoms with Crippen molar-refractivity contribution in [3.05, 3.63) is 58.3 Å². The summed E-state index contributed by atoms with van der Waals surface area (Å²) in [4.78, 5) is 7.30. The van der Waals surface area contributed by atoms with Gasteiger partial charge in [0.05, 0.1) is 22.4 Å². The van der Waals surface area contributed by atoms with E-state index < -0.39 is 10.0 Å². The summed E-state index contributed by atoms with van der Waals surface area (Å²) in [5.74, 6) is 0. The van der Waals surface area contributed by atoms with Gasteiger partial charge >= 0.3 is 0 Å². The van der Waals surface area contributed by atoms with E-state index >= 15 is 0 Å². The number of hydrogen-bond acceptors (Lipinski definition) is 5. The van der Waals surface area contributed by atoms with Gasteiger partial charge in [-0.2, -0.15) is 0 Å². The first kappa shape index (κ1) is 23.7. The second-order valence-corrected chi connectivity index (χ2v) is 9.99. The Morgan fingerprint density at radius 3 is 2.77 bits per heavy atom. The molecule has 3 rings (SSSR count). The Morgan fingerprint density at radius 2 is 2.10 bits per heavy atom. The van der Waals surface area contributed by atoms with Crippen molar-refractivity contribution in [1.29, 1.82) is 0 Å². The van der Waals surface area contributed by atoms with Crippen LogP contribution in [0.2, 0.25) is 0 Å². The first-order valence-corrected chi connectivity index (χ1v) is 12.7. The van der Waals surface area contributed by atoms with Crippen LogP contribution >= 0.6 is 0 Å². The largest absolute Gasteiger partial charge is 0.374 e. The summed E-state index contributed by atoms with van der Waals surface area (Å²) in [6.07, 6.45) is 10.5. The molecule has 0 aliphatic carbocycles. The molecule has 0 radical (unpaired) electrons. The quantitative estimate of drug-likeness (QED) is 0.642. The number of ether oxygens (including phenoxy) is 1. The summed E-state index contributed by atoms with van der Waals surface area (Å²) in [6, 6.07) is 1.98. The number of aryl methyl sites for hydroxylation is 1. The number of aromatic nitrogens is 1. The number of likely N-dealkylation sites (N-methyl/N-ethyl adjacent to an activating group) is 1. The van der Waals surface area contributed by atoms with E-state index in [0.717, 1.165) is 74.3 Å². The molecule has 2 aliphatic heterocycles. The number of rotatable bonds is 7. The van der Waals surface area contributed by atoms with Crippen LogP contribution in [-0.4, -0.2) is 51.1 Å². The number of nitrogens with zero attached hydrogens (tertiary/aromatic N) is 2. The van der Waals surface area contributed by atoms with Crippen molar-refractivity contribution in [3.63, 3.8) is 0 Å². The van der Waals surface area contributed by atoms with Crippen LogP contribution in [0.25, 0.3) is 0 Å². The average Bonchev–Trinajstić information content (AvgIpc) is 2.94. The lowest BCUT2D eigenvalue weighted by Gasteiger charge is -2.23. The van der Waals surface area contributed by atoms with E-state index in [1.165, 1.54) is 0 Å². The van der Waals surface area contributed by atoms with E-state index in [2.05, 4.69) is 23.2 Å². The molecule has 0 amide bonds. The zero-order valence-electron chi connectivity index (χ0n) is 19.0. The molecule has 1 aromatic rings. The Balaban J connectivity index is 1.79. The maximum absolute atomic E-state index is 13.1. The third kappa shape index (κ3) is 6.05. The Hall–Kier alpha value is -1.96. The molecular weight excluding hydrogens is 410 g/mol. The molecule has 0 saturated carbocycles. The van der Waals surface area contributed by atoms with Gasteiger partial charge in [0.25, 0.3) is 10.0 Å². The molecule has 7 heteroatoms. The Kier molecular flexibility index (Phi) is 8.08. The second-order valence-electron chi connectivity index (χ2n) is 8.31. The fourth-order valence-electron chi connectivity index (χ4n) is 4.02. The molecule has 6 nitrogen and oxygen atoms in total. The maximum atomic E-state index is 13.1. The third-order valence-electron chi connectivity index (χ3n) is 5.99. The first-order valence-electron chi connectivity index (χ1n) is 11.2. The number of pyridine rings is 1. The Labute approximate surface area is 187 Å². The summed E-state index contributed by atoms with van der Waals surface area (Å²) in [6.45, 7) is 10.4. The molecule has 1 saturated heterocycles. The highest BCUT2D eigenvalue weighted by Crippen LogP contribution is 2.26. The van der Waals surface area contributed by atoms with Crippen LogP contribution in [0, 0.1) is 0 Å². The standard InChI is InChI=1S/C24H35N3O3S/c1-5-20(11-10-18(3)24-9-7-8-16-30-24)31(28,29)26-23-17-19-12-14-27(4)15-13-22(19)25-21(23)6-2/h5,10-11,17,24,26H,3,6-9,12-16H2,1-2,4H3/b11-10-,20-5+/t24-/m1/s1. The summed E-state index contributed by atoms with van der Waals surface area (Å²) in [7, 11) is -1.63. The SMILES string of the molecule is C=C(/C=C\C(=C/C)S(=O)(=O)Nc1cc2c(nc1CC)CCN(C)CC2)[C@H]1CCCCO1. The van der Waals surface area contributed by atoms with Gasteiger partial charge < -0.3 is 9.64 Å². The van der Waals surface area contributed by atoms with E-state index in [1.807, 2.05) is 13.0 Å². The molecule has 31 heavy (non-hydrogen) atoms. The summed E-state index contributed by atoms with van der Waals surface area (Å²) >= 11 is 0. The topological polar surface area (TPSA) is 71.5 Å². The van der Waals surface area contributed by atoms with E-state index in [1.54, 1.807) is 25.2 Å². The summed E-state index contributed by atoms with van der Waals surface area (Å²) in [5.41, 5.74) is 4.37. The molecule has 0 aromatic carbocycles. The van der Waals surface area contributed by atoms with E-state index in [-0.39, 0.29) is 11.0 Å². The fourth-order valence-corrected chi connectivity index (χ4v) is 5.16. The van der Waals surface area contributed by atoms with Gasteiger partial charge in [-0.05, 0) is 69.4 Å². The van der Waals surface area contributed by atoms with Crippen molar-refractivity contribution in [1.82, 2.24) is 9.88 Å². The zero-order valence-corrected chi connectivity index (χ0v) is 19.8. The van der Waals surface area contributed by atoms with Gasteiger partial charge in [-0.3, -0.25) is 9.71 Å². The van der Waals surface area contributed by atoms with Crippen LogP contribution in [0.1, 0.15) is 50.1 Å². The number of anilines is 1. The van der Waals surface area contributed by atoms with Crippen LogP contribution in [-0.2, 0) is 34.0 Å². The molecule has 0 spiro atoms. The summed E-state index contributed by atoms with van der Waals surface area (Å²) < 4.78 is 34.8. The molecular formula is C24H35N3O3S. The van der Waals surface area contributed by atoms with Crippen molar-refractivity contribution in [2.24, 2.45) is 0 Å². The van der Waals surface area contributed by atoms with Crippen molar-refractivity contribution in [3.8, 4) is 0 Å². The van der Waals surface area contributed by atoms with Gasteiger partial charge in [0, 0.05) is 31.8 Å². The number of fused-ring (bicyclic) bond motifs is 1. The minimum atomic E-state index is -3.74.